The normalized spacial score (nSPS) is 10.4. The SMILES string of the molecule is CCCNC(=O)Cc1cc(=O)[nH]c(SCc2ccccc2)n1. The second-order valence-electron chi connectivity index (χ2n) is 4.84. The minimum Gasteiger partial charge on any atom is -0.356 e. The van der Waals surface area contributed by atoms with Gasteiger partial charge in [0.25, 0.3) is 5.56 Å². The van der Waals surface area contributed by atoms with Crippen molar-refractivity contribution >= 4 is 17.7 Å². The van der Waals surface area contributed by atoms with Gasteiger partial charge in [-0.25, -0.2) is 4.98 Å². The Balaban J connectivity index is 2.00. The van der Waals surface area contributed by atoms with E-state index >= 15 is 0 Å². The lowest BCUT2D eigenvalue weighted by Gasteiger charge is -2.05. The molecular formula is C16H19N3O2S. The summed E-state index contributed by atoms with van der Waals surface area (Å²) in [4.78, 5) is 30.4. The molecule has 0 spiro atoms. The first kappa shape index (κ1) is 16.3. The molecule has 0 unspecified atom stereocenters. The van der Waals surface area contributed by atoms with E-state index in [4.69, 9.17) is 0 Å². The topological polar surface area (TPSA) is 74.8 Å². The fourth-order valence-electron chi connectivity index (χ4n) is 1.86. The van der Waals surface area contributed by atoms with Crippen molar-refractivity contribution in [1.82, 2.24) is 15.3 Å². The molecule has 0 fully saturated rings. The van der Waals surface area contributed by atoms with Crippen LogP contribution >= 0.6 is 11.8 Å². The van der Waals surface area contributed by atoms with Gasteiger partial charge in [-0.1, -0.05) is 49.0 Å². The molecule has 0 aliphatic carbocycles. The van der Waals surface area contributed by atoms with Crippen molar-refractivity contribution in [2.24, 2.45) is 0 Å². The van der Waals surface area contributed by atoms with Crippen LogP contribution < -0.4 is 10.9 Å². The van der Waals surface area contributed by atoms with E-state index in [1.807, 2.05) is 37.3 Å². The number of nitrogens with zero attached hydrogens (tertiary/aromatic N) is 1. The Morgan fingerprint density at radius 2 is 2.09 bits per heavy atom. The van der Waals surface area contributed by atoms with Gasteiger partial charge in [0, 0.05) is 18.4 Å². The highest BCUT2D eigenvalue weighted by Crippen LogP contribution is 2.18. The van der Waals surface area contributed by atoms with E-state index in [0.29, 0.717) is 17.4 Å². The molecule has 2 N–H and O–H groups in total. The number of thioether (sulfide) groups is 1. The van der Waals surface area contributed by atoms with Crippen LogP contribution in [0.1, 0.15) is 24.6 Å². The number of benzene rings is 1. The van der Waals surface area contributed by atoms with E-state index in [2.05, 4.69) is 15.3 Å². The zero-order valence-electron chi connectivity index (χ0n) is 12.5. The van der Waals surface area contributed by atoms with Crippen molar-refractivity contribution < 1.29 is 4.79 Å². The number of hydrogen-bond donors (Lipinski definition) is 2. The van der Waals surface area contributed by atoms with Crippen molar-refractivity contribution in [1.29, 1.82) is 0 Å². The van der Waals surface area contributed by atoms with Crippen LogP contribution in [-0.2, 0) is 17.0 Å². The predicted octanol–water partition coefficient (Wildman–Crippen LogP) is 2.13. The van der Waals surface area contributed by atoms with E-state index in [9.17, 15) is 9.59 Å². The lowest BCUT2D eigenvalue weighted by molar-refractivity contribution is -0.120. The van der Waals surface area contributed by atoms with E-state index in [0.717, 1.165) is 17.7 Å². The summed E-state index contributed by atoms with van der Waals surface area (Å²) in [5, 5.41) is 3.32. The summed E-state index contributed by atoms with van der Waals surface area (Å²) in [5.74, 6) is 0.605. The first-order valence-corrected chi connectivity index (χ1v) is 8.19. The molecule has 0 saturated heterocycles. The molecule has 5 nitrogen and oxygen atoms in total. The van der Waals surface area contributed by atoms with Crippen molar-refractivity contribution in [3.63, 3.8) is 0 Å². The summed E-state index contributed by atoms with van der Waals surface area (Å²) in [7, 11) is 0. The van der Waals surface area contributed by atoms with E-state index in [1.54, 1.807) is 0 Å². The van der Waals surface area contributed by atoms with Crippen LogP contribution in [0.15, 0.2) is 46.3 Å². The molecule has 0 bridgehead atoms. The lowest BCUT2D eigenvalue weighted by atomic mass is 10.2. The number of carbonyl (C=O) groups excluding carboxylic acids is 1. The van der Waals surface area contributed by atoms with Gasteiger partial charge in [-0.2, -0.15) is 0 Å². The quantitative estimate of drug-likeness (QED) is 0.606. The first-order chi connectivity index (χ1) is 10.7. The highest BCUT2D eigenvalue weighted by Gasteiger charge is 2.07. The third kappa shape index (κ3) is 5.37. The maximum Gasteiger partial charge on any atom is 0.251 e. The molecule has 1 heterocycles. The number of rotatable bonds is 7. The summed E-state index contributed by atoms with van der Waals surface area (Å²) in [6.45, 7) is 2.63. The Kier molecular flexibility index (Phi) is 6.21. The van der Waals surface area contributed by atoms with Crippen LogP contribution in [0.3, 0.4) is 0 Å². The van der Waals surface area contributed by atoms with Gasteiger partial charge in [0.2, 0.25) is 5.91 Å². The fraction of sp³-hybridized carbons (Fsp3) is 0.312. The number of aromatic amines is 1. The van der Waals surface area contributed by atoms with Gasteiger partial charge in [0.05, 0.1) is 12.1 Å². The van der Waals surface area contributed by atoms with Crippen LogP contribution in [0, 0.1) is 0 Å². The number of hydrogen-bond acceptors (Lipinski definition) is 4. The Labute approximate surface area is 133 Å². The Hall–Kier alpha value is -2.08. The van der Waals surface area contributed by atoms with Crippen LogP contribution in [0.5, 0.6) is 0 Å². The average molecular weight is 317 g/mol. The second kappa shape index (κ2) is 8.38. The van der Waals surface area contributed by atoms with Gasteiger partial charge >= 0.3 is 0 Å². The molecule has 0 radical (unpaired) electrons. The summed E-state index contributed by atoms with van der Waals surface area (Å²) < 4.78 is 0. The summed E-state index contributed by atoms with van der Waals surface area (Å²) in [6, 6.07) is 11.3. The highest BCUT2D eigenvalue weighted by molar-refractivity contribution is 7.98. The van der Waals surface area contributed by atoms with E-state index in [1.165, 1.54) is 17.8 Å². The van der Waals surface area contributed by atoms with Gasteiger partial charge in [-0.05, 0) is 12.0 Å². The standard InChI is InChI=1S/C16H19N3O2S/c1-2-8-17-14(20)9-13-10-15(21)19-16(18-13)22-11-12-6-4-3-5-7-12/h3-7,10H,2,8-9,11H2,1H3,(H,17,20)(H,18,19,21). The van der Waals surface area contributed by atoms with Crippen molar-refractivity contribution in [3.05, 3.63) is 58.0 Å². The van der Waals surface area contributed by atoms with Gasteiger partial charge in [0.1, 0.15) is 0 Å². The second-order valence-corrected chi connectivity index (χ2v) is 5.81. The lowest BCUT2D eigenvalue weighted by Crippen LogP contribution is -2.26. The van der Waals surface area contributed by atoms with Crippen molar-refractivity contribution in [3.8, 4) is 0 Å². The highest BCUT2D eigenvalue weighted by atomic mass is 32.2. The molecule has 2 aromatic rings. The molecule has 1 amide bonds. The largest absolute Gasteiger partial charge is 0.356 e. The van der Waals surface area contributed by atoms with Crippen molar-refractivity contribution in [2.75, 3.05) is 6.54 Å². The molecule has 6 heteroatoms. The molecule has 116 valence electrons. The number of H-pyrrole nitrogens is 1. The number of carbonyl (C=O) groups is 1. The van der Waals surface area contributed by atoms with Crippen LogP contribution in [0.4, 0.5) is 0 Å². The van der Waals surface area contributed by atoms with Crippen LogP contribution in [0.25, 0.3) is 0 Å². The number of aromatic nitrogens is 2. The van der Waals surface area contributed by atoms with Gasteiger partial charge < -0.3 is 10.3 Å². The molecular weight excluding hydrogens is 298 g/mol. The third-order valence-electron chi connectivity index (χ3n) is 2.91. The van der Waals surface area contributed by atoms with E-state index in [-0.39, 0.29) is 17.9 Å². The number of amides is 1. The Morgan fingerprint density at radius 1 is 1.32 bits per heavy atom. The summed E-state index contributed by atoms with van der Waals surface area (Å²) >= 11 is 1.45. The summed E-state index contributed by atoms with van der Waals surface area (Å²) in [6.07, 6.45) is 1.01. The molecule has 1 aromatic carbocycles. The zero-order chi connectivity index (χ0) is 15.8. The van der Waals surface area contributed by atoms with E-state index < -0.39 is 0 Å². The predicted molar refractivity (Wildman–Crippen MR) is 87.9 cm³/mol. The van der Waals surface area contributed by atoms with Crippen LogP contribution in [-0.4, -0.2) is 22.4 Å². The summed E-state index contributed by atoms with van der Waals surface area (Å²) in [5.41, 5.74) is 1.41. The molecule has 0 aliphatic heterocycles. The van der Waals surface area contributed by atoms with Crippen LogP contribution in [0.2, 0.25) is 0 Å². The molecule has 1 aromatic heterocycles. The fourth-order valence-corrected chi connectivity index (χ4v) is 2.71. The first-order valence-electron chi connectivity index (χ1n) is 7.21. The number of nitrogens with one attached hydrogen (secondary N) is 2. The molecule has 0 saturated carbocycles. The maximum absolute atomic E-state index is 11.7. The molecule has 2 rings (SSSR count). The zero-order valence-corrected chi connectivity index (χ0v) is 13.3. The third-order valence-corrected chi connectivity index (χ3v) is 3.85. The monoisotopic (exact) mass is 317 g/mol. The van der Waals surface area contributed by atoms with Gasteiger partial charge in [0.15, 0.2) is 5.16 Å². The van der Waals surface area contributed by atoms with Crippen molar-refractivity contribution in [2.45, 2.75) is 30.7 Å². The molecule has 22 heavy (non-hydrogen) atoms. The van der Waals surface area contributed by atoms with Gasteiger partial charge in [-0.15, -0.1) is 0 Å². The Morgan fingerprint density at radius 3 is 2.82 bits per heavy atom. The van der Waals surface area contributed by atoms with Gasteiger partial charge in [-0.3, -0.25) is 9.59 Å². The smallest absolute Gasteiger partial charge is 0.251 e. The minimum atomic E-state index is -0.233. The minimum absolute atomic E-state index is 0.112. The molecule has 0 atom stereocenters. The Bertz CT molecular complexity index is 671. The maximum atomic E-state index is 11.7. The molecule has 0 aliphatic rings. The average Bonchev–Trinajstić information content (AvgIpc) is 2.51.